The van der Waals surface area contributed by atoms with E-state index in [1.807, 2.05) is 0 Å². The summed E-state index contributed by atoms with van der Waals surface area (Å²) in [5, 5.41) is 32.6. The molecule has 0 aliphatic carbocycles. The van der Waals surface area contributed by atoms with Gasteiger partial charge in [0.15, 0.2) is 11.7 Å². The molecule has 0 fully saturated rings. The Morgan fingerprint density at radius 2 is 1.81 bits per heavy atom. The number of guanidine groups is 1. The second kappa shape index (κ2) is 11.2. The van der Waals surface area contributed by atoms with Gasteiger partial charge < -0.3 is 43.2 Å². The summed E-state index contributed by atoms with van der Waals surface area (Å²) in [7, 11) is 0. The fourth-order valence-corrected chi connectivity index (χ4v) is 1.94. The number of aliphatic carboxylic acids is 1. The summed E-state index contributed by atoms with van der Waals surface area (Å²) in [5.41, 5.74) is 15.9. The Hall–Kier alpha value is -2.44. The molecular formula is C14H28N6O6. The zero-order chi connectivity index (χ0) is 20.3. The van der Waals surface area contributed by atoms with Crippen LogP contribution in [0.2, 0.25) is 0 Å². The molecule has 0 heterocycles. The first-order valence-electron chi connectivity index (χ1n) is 7.98. The van der Waals surface area contributed by atoms with E-state index in [1.165, 1.54) is 0 Å². The third-order valence-electron chi connectivity index (χ3n) is 3.37. The lowest BCUT2D eigenvalue weighted by atomic mass is 10.0. The third kappa shape index (κ3) is 11.2. The molecule has 0 aromatic carbocycles. The SMILES string of the molecule is CC(O)(O)[C@H](CCCN=C(N)N)NC(=O)CNC(=O)[C@@H](N)CCC(=O)O. The van der Waals surface area contributed by atoms with Crippen molar-refractivity contribution in [1.29, 1.82) is 0 Å². The van der Waals surface area contributed by atoms with Gasteiger partial charge in [0.2, 0.25) is 11.8 Å². The highest BCUT2D eigenvalue weighted by molar-refractivity contribution is 5.87. The maximum absolute atomic E-state index is 11.9. The number of carbonyl (C=O) groups is 3. The fourth-order valence-electron chi connectivity index (χ4n) is 1.94. The van der Waals surface area contributed by atoms with Gasteiger partial charge in [0.25, 0.3) is 0 Å². The summed E-state index contributed by atoms with van der Waals surface area (Å²) in [6, 6.07) is -2.07. The van der Waals surface area contributed by atoms with Crippen LogP contribution < -0.4 is 27.8 Å². The number of nitrogens with two attached hydrogens (primary N) is 3. The van der Waals surface area contributed by atoms with Gasteiger partial charge in [0, 0.05) is 13.0 Å². The second-order valence-electron chi connectivity index (χ2n) is 5.92. The highest BCUT2D eigenvalue weighted by atomic mass is 16.5. The highest BCUT2D eigenvalue weighted by Gasteiger charge is 2.30. The first-order chi connectivity index (χ1) is 11.9. The molecule has 2 atom stereocenters. The van der Waals surface area contributed by atoms with Gasteiger partial charge in [0.1, 0.15) is 0 Å². The predicted molar refractivity (Wildman–Crippen MR) is 92.5 cm³/mol. The molecule has 0 aromatic rings. The number of rotatable bonds is 12. The Balaban J connectivity index is 4.41. The van der Waals surface area contributed by atoms with Crippen LogP contribution in [0.5, 0.6) is 0 Å². The molecule has 2 amide bonds. The minimum atomic E-state index is -2.18. The molecule has 26 heavy (non-hydrogen) atoms. The van der Waals surface area contributed by atoms with Crippen LogP contribution in [0.1, 0.15) is 32.6 Å². The molecule has 0 unspecified atom stereocenters. The van der Waals surface area contributed by atoms with Crippen molar-refractivity contribution >= 4 is 23.7 Å². The normalized spacial score (nSPS) is 13.4. The summed E-state index contributed by atoms with van der Waals surface area (Å²) in [6.07, 6.45) is 0.220. The summed E-state index contributed by atoms with van der Waals surface area (Å²) >= 11 is 0. The molecule has 0 aromatic heterocycles. The first-order valence-corrected chi connectivity index (χ1v) is 7.98. The number of nitrogens with zero attached hydrogens (tertiary/aromatic N) is 1. The highest BCUT2D eigenvalue weighted by Crippen LogP contribution is 2.11. The van der Waals surface area contributed by atoms with E-state index in [0.29, 0.717) is 6.42 Å². The maximum Gasteiger partial charge on any atom is 0.303 e. The van der Waals surface area contributed by atoms with Crippen molar-refractivity contribution in [2.24, 2.45) is 22.2 Å². The first kappa shape index (κ1) is 23.6. The number of aliphatic hydroxyl groups is 2. The van der Waals surface area contributed by atoms with Gasteiger partial charge in [0.05, 0.1) is 18.6 Å². The van der Waals surface area contributed by atoms with E-state index in [4.69, 9.17) is 22.3 Å². The molecule has 0 aliphatic heterocycles. The van der Waals surface area contributed by atoms with Crippen molar-refractivity contribution in [2.45, 2.75) is 50.5 Å². The van der Waals surface area contributed by atoms with Crippen LogP contribution in [0.25, 0.3) is 0 Å². The summed E-state index contributed by atoms with van der Waals surface area (Å²) < 4.78 is 0. The number of hydrogen-bond acceptors (Lipinski definition) is 7. The molecular weight excluding hydrogens is 348 g/mol. The summed E-state index contributed by atoms with van der Waals surface area (Å²) in [4.78, 5) is 37.7. The average Bonchev–Trinajstić information content (AvgIpc) is 2.51. The van der Waals surface area contributed by atoms with Crippen molar-refractivity contribution < 1.29 is 29.7 Å². The van der Waals surface area contributed by atoms with Crippen molar-refractivity contribution in [3.8, 4) is 0 Å². The number of aliphatic imine (C=N–C) groups is 1. The molecule has 11 N–H and O–H groups in total. The Bertz CT molecular complexity index is 515. The number of amides is 2. The number of carboxylic acid groups (broad SMARTS) is 1. The Kier molecular flexibility index (Phi) is 10.2. The minimum absolute atomic E-state index is 0.0679. The smallest absolute Gasteiger partial charge is 0.303 e. The summed E-state index contributed by atoms with van der Waals surface area (Å²) in [5.74, 6) is -4.70. The zero-order valence-electron chi connectivity index (χ0n) is 14.6. The Morgan fingerprint density at radius 1 is 1.19 bits per heavy atom. The van der Waals surface area contributed by atoms with Gasteiger partial charge in [-0.25, -0.2) is 0 Å². The van der Waals surface area contributed by atoms with E-state index in [2.05, 4.69) is 15.6 Å². The number of nitrogens with one attached hydrogen (secondary N) is 2. The van der Waals surface area contributed by atoms with Gasteiger partial charge in [-0.2, -0.15) is 0 Å². The van der Waals surface area contributed by atoms with Gasteiger partial charge in [-0.3, -0.25) is 19.4 Å². The molecule has 0 spiro atoms. The minimum Gasteiger partial charge on any atom is -0.481 e. The lowest BCUT2D eigenvalue weighted by molar-refractivity contribution is -0.172. The number of carbonyl (C=O) groups excluding carboxylic acids is 2. The molecule has 0 saturated carbocycles. The van der Waals surface area contributed by atoms with Crippen LogP contribution in [-0.2, 0) is 14.4 Å². The lowest BCUT2D eigenvalue weighted by Crippen LogP contribution is -2.54. The van der Waals surface area contributed by atoms with E-state index in [0.717, 1.165) is 6.92 Å². The fraction of sp³-hybridized carbons (Fsp3) is 0.714. The quantitative estimate of drug-likeness (QED) is 0.0731. The van der Waals surface area contributed by atoms with Crippen LogP contribution in [0.15, 0.2) is 4.99 Å². The monoisotopic (exact) mass is 376 g/mol. The van der Waals surface area contributed by atoms with E-state index in [-0.39, 0.29) is 31.8 Å². The number of hydrogen-bond donors (Lipinski definition) is 8. The van der Waals surface area contributed by atoms with Crippen LogP contribution in [0.4, 0.5) is 0 Å². The third-order valence-corrected chi connectivity index (χ3v) is 3.37. The van der Waals surface area contributed by atoms with Crippen LogP contribution in [0, 0.1) is 0 Å². The van der Waals surface area contributed by atoms with Gasteiger partial charge >= 0.3 is 5.97 Å². The summed E-state index contributed by atoms with van der Waals surface area (Å²) in [6.45, 7) is 0.916. The zero-order valence-corrected chi connectivity index (χ0v) is 14.6. The van der Waals surface area contributed by atoms with Gasteiger partial charge in [-0.05, 0) is 26.2 Å². The topological polar surface area (TPSA) is 226 Å². The standard InChI is InChI=1S/C14H28N6O6/c1-14(25,26)9(3-2-6-18-13(16)17)20-10(21)7-19-12(24)8(15)4-5-11(22)23/h8-9,25-26H,2-7,15H2,1H3,(H,19,24)(H,20,21)(H,22,23)(H4,16,17,18)/t8-,9-/m0/s1. The molecule has 150 valence electrons. The average molecular weight is 376 g/mol. The molecule has 0 saturated heterocycles. The lowest BCUT2D eigenvalue weighted by Gasteiger charge is -2.28. The Labute approximate surface area is 150 Å². The largest absolute Gasteiger partial charge is 0.481 e. The molecule has 0 aliphatic rings. The molecule has 12 heteroatoms. The van der Waals surface area contributed by atoms with E-state index in [9.17, 15) is 24.6 Å². The molecule has 0 bridgehead atoms. The van der Waals surface area contributed by atoms with Crippen molar-refractivity contribution in [3.05, 3.63) is 0 Å². The molecule has 0 rings (SSSR count). The van der Waals surface area contributed by atoms with E-state index in [1.54, 1.807) is 0 Å². The molecule has 0 radical (unpaired) electrons. The van der Waals surface area contributed by atoms with Crippen LogP contribution >= 0.6 is 0 Å². The van der Waals surface area contributed by atoms with Crippen molar-refractivity contribution in [3.63, 3.8) is 0 Å². The predicted octanol–water partition coefficient (Wildman–Crippen LogP) is -3.47. The maximum atomic E-state index is 11.9. The van der Waals surface area contributed by atoms with E-state index >= 15 is 0 Å². The Morgan fingerprint density at radius 3 is 2.31 bits per heavy atom. The number of carboxylic acids is 1. The van der Waals surface area contributed by atoms with Crippen molar-refractivity contribution in [2.75, 3.05) is 13.1 Å². The van der Waals surface area contributed by atoms with Crippen LogP contribution in [0.3, 0.4) is 0 Å². The van der Waals surface area contributed by atoms with Crippen LogP contribution in [-0.4, -0.2) is 70.0 Å². The molecule has 12 nitrogen and oxygen atoms in total. The van der Waals surface area contributed by atoms with Gasteiger partial charge in [-0.1, -0.05) is 0 Å². The second-order valence-corrected chi connectivity index (χ2v) is 5.92. The van der Waals surface area contributed by atoms with E-state index < -0.39 is 42.2 Å². The van der Waals surface area contributed by atoms with Gasteiger partial charge in [-0.15, -0.1) is 0 Å². The van der Waals surface area contributed by atoms with Crippen molar-refractivity contribution in [1.82, 2.24) is 10.6 Å².